The predicted octanol–water partition coefficient (Wildman–Crippen LogP) is 1.10. The fraction of sp³-hybridized carbons (Fsp3) is 0.214. The van der Waals surface area contributed by atoms with Gasteiger partial charge in [-0.1, -0.05) is 0 Å². The summed E-state index contributed by atoms with van der Waals surface area (Å²) in [6, 6.07) is 7.79. The van der Waals surface area contributed by atoms with Crippen LogP contribution in [0.15, 0.2) is 39.9 Å². The predicted molar refractivity (Wildman–Crippen MR) is 77.8 cm³/mol. The van der Waals surface area contributed by atoms with E-state index in [9.17, 15) is 14.4 Å². The molecule has 1 aromatic carbocycles. The molecular formula is C14H15N3O4. The summed E-state index contributed by atoms with van der Waals surface area (Å²) in [5.74, 6) is 0.114. The molecule has 1 aromatic heterocycles. The first-order valence-corrected chi connectivity index (χ1v) is 6.36. The molecule has 1 heterocycles. The minimum absolute atomic E-state index is 0.0616. The summed E-state index contributed by atoms with van der Waals surface area (Å²) in [6.45, 7) is 3.83. The van der Waals surface area contributed by atoms with Gasteiger partial charge in [0.1, 0.15) is 11.4 Å². The molecule has 7 heteroatoms. The number of H-pyrrole nitrogens is 2. The van der Waals surface area contributed by atoms with Crippen molar-refractivity contribution in [3.8, 4) is 5.75 Å². The van der Waals surface area contributed by atoms with Crippen molar-refractivity contribution in [1.29, 1.82) is 0 Å². The van der Waals surface area contributed by atoms with Gasteiger partial charge in [0, 0.05) is 11.8 Å². The van der Waals surface area contributed by atoms with Gasteiger partial charge in [-0.25, -0.2) is 4.79 Å². The standard InChI is InChI=1S/C14H15N3O4/c1-8(2)21-10-5-3-9(4-6-10)15-13(19)11-7-12(18)17-14(20)16-11/h3-8H,1-2H3,(H,15,19)(H2,16,17,18,20). The van der Waals surface area contributed by atoms with E-state index in [2.05, 4.69) is 10.3 Å². The number of aromatic amines is 2. The van der Waals surface area contributed by atoms with Crippen LogP contribution in [-0.4, -0.2) is 22.0 Å². The molecule has 7 nitrogen and oxygen atoms in total. The summed E-state index contributed by atoms with van der Waals surface area (Å²) in [5.41, 5.74) is -0.943. The molecule has 21 heavy (non-hydrogen) atoms. The molecule has 2 rings (SSSR count). The fourth-order valence-electron chi connectivity index (χ4n) is 1.68. The number of amides is 1. The molecule has 2 aromatic rings. The third-order valence-corrected chi connectivity index (χ3v) is 2.49. The van der Waals surface area contributed by atoms with Crippen LogP contribution in [0.3, 0.4) is 0 Å². The number of hydrogen-bond acceptors (Lipinski definition) is 4. The molecule has 0 aliphatic heterocycles. The third-order valence-electron chi connectivity index (χ3n) is 2.49. The molecule has 0 bridgehead atoms. The van der Waals surface area contributed by atoms with Crippen LogP contribution in [0, 0.1) is 0 Å². The van der Waals surface area contributed by atoms with Crippen molar-refractivity contribution in [3.63, 3.8) is 0 Å². The summed E-state index contributed by atoms with van der Waals surface area (Å²) in [7, 11) is 0. The topological polar surface area (TPSA) is 104 Å². The van der Waals surface area contributed by atoms with E-state index in [0.717, 1.165) is 6.07 Å². The maximum absolute atomic E-state index is 11.9. The highest BCUT2D eigenvalue weighted by Gasteiger charge is 2.08. The molecule has 0 aliphatic rings. The number of carbonyl (C=O) groups is 1. The molecule has 0 saturated carbocycles. The number of rotatable bonds is 4. The summed E-state index contributed by atoms with van der Waals surface area (Å²) in [4.78, 5) is 38.4. The van der Waals surface area contributed by atoms with Crippen LogP contribution < -0.4 is 21.3 Å². The number of nitrogens with one attached hydrogen (secondary N) is 3. The van der Waals surface area contributed by atoms with Gasteiger partial charge >= 0.3 is 5.69 Å². The molecule has 110 valence electrons. The van der Waals surface area contributed by atoms with E-state index in [0.29, 0.717) is 11.4 Å². The molecule has 0 aliphatic carbocycles. The maximum atomic E-state index is 11.9. The molecule has 0 spiro atoms. The van der Waals surface area contributed by atoms with Gasteiger partial charge in [-0.05, 0) is 38.1 Å². The van der Waals surface area contributed by atoms with Gasteiger partial charge in [0.2, 0.25) is 0 Å². The second kappa shape index (κ2) is 6.08. The van der Waals surface area contributed by atoms with Crippen LogP contribution in [0.25, 0.3) is 0 Å². The molecule has 0 saturated heterocycles. The Hall–Kier alpha value is -2.83. The second-order valence-corrected chi connectivity index (χ2v) is 4.65. The van der Waals surface area contributed by atoms with E-state index < -0.39 is 17.2 Å². The number of hydrogen-bond donors (Lipinski definition) is 3. The third kappa shape index (κ3) is 4.07. The van der Waals surface area contributed by atoms with Gasteiger partial charge in [-0.15, -0.1) is 0 Å². The Kier molecular flexibility index (Phi) is 4.22. The highest BCUT2D eigenvalue weighted by Crippen LogP contribution is 2.17. The highest BCUT2D eigenvalue weighted by atomic mass is 16.5. The first-order chi connectivity index (χ1) is 9.94. The van der Waals surface area contributed by atoms with Gasteiger partial charge in [-0.2, -0.15) is 0 Å². The van der Waals surface area contributed by atoms with Crippen LogP contribution >= 0.6 is 0 Å². The van der Waals surface area contributed by atoms with Gasteiger partial charge in [0.15, 0.2) is 0 Å². The smallest absolute Gasteiger partial charge is 0.326 e. The lowest BCUT2D eigenvalue weighted by atomic mass is 10.3. The number of aromatic nitrogens is 2. The number of ether oxygens (including phenoxy) is 1. The van der Waals surface area contributed by atoms with E-state index in [4.69, 9.17) is 4.74 Å². The normalized spacial score (nSPS) is 10.4. The lowest BCUT2D eigenvalue weighted by Gasteiger charge is -2.10. The summed E-state index contributed by atoms with van der Waals surface area (Å²) >= 11 is 0. The zero-order valence-corrected chi connectivity index (χ0v) is 11.6. The van der Waals surface area contributed by atoms with Gasteiger partial charge in [0.25, 0.3) is 11.5 Å². The van der Waals surface area contributed by atoms with Crippen LogP contribution in [0.5, 0.6) is 5.75 Å². The van der Waals surface area contributed by atoms with E-state index >= 15 is 0 Å². The van der Waals surface area contributed by atoms with Crippen LogP contribution in [0.2, 0.25) is 0 Å². The summed E-state index contributed by atoms with van der Waals surface area (Å²) in [6.07, 6.45) is 0.0616. The molecule has 0 unspecified atom stereocenters. The fourth-order valence-corrected chi connectivity index (χ4v) is 1.68. The van der Waals surface area contributed by atoms with Gasteiger partial charge in [-0.3, -0.25) is 14.6 Å². The zero-order chi connectivity index (χ0) is 15.4. The van der Waals surface area contributed by atoms with Gasteiger partial charge < -0.3 is 15.0 Å². The van der Waals surface area contributed by atoms with Crippen molar-refractivity contribution >= 4 is 11.6 Å². The first kappa shape index (κ1) is 14.6. The monoisotopic (exact) mass is 289 g/mol. The number of benzene rings is 1. The van der Waals surface area contributed by atoms with E-state index in [1.54, 1.807) is 24.3 Å². The minimum atomic E-state index is -0.728. The van der Waals surface area contributed by atoms with Crippen molar-refractivity contribution < 1.29 is 9.53 Å². The van der Waals surface area contributed by atoms with Crippen molar-refractivity contribution in [2.45, 2.75) is 20.0 Å². The Morgan fingerprint density at radius 3 is 2.38 bits per heavy atom. The second-order valence-electron chi connectivity index (χ2n) is 4.65. The van der Waals surface area contributed by atoms with Crippen LogP contribution in [0.4, 0.5) is 5.69 Å². The molecular weight excluding hydrogens is 274 g/mol. The lowest BCUT2D eigenvalue weighted by molar-refractivity contribution is 0.102. The zero-order valence-electron chi connectivity index (χ0n) is 11.6. The molecule has 3 N–H and O–H groups in total. The Morgan fingerprint density at radius 2 is 1.81 bits per heavy atom. The molecule has 0 radical (unpaired) electrons. The summed E-state index contributed by atoms with van der Waals surface area (Å²) < 4.78 is 5.48. The molecule has 0 fully saturated rings. The van der Waals surface area contributed by atoms with E-state index in [1.807, 2.05) is 18.8 Å². The molecule has 1 amide bonds. The van der Waals surface area contributed by atoms with Crippen molar-refractivity contribution in [2.75, 3.05) is 5.32 Å². The Bertz CT molecular complexity index is 716. The van der Waals surface area contributed by atoms with Gasteiger partial charge in [0.05, 0.1) is 6.10 Å². The Labute approximate surface area is 120 Å². The number of anilines is 1. The quantitative estimate of drug-likeness (QED) is 0.784. The average Bonchev–Trinajstić information content (AvgIpc) is 2.39. The first-order valence-electron chi connectivity index (χ1n) is 6.36. The Morgan fingerprint density at radius 1 is 1.14 bits per heavy atom. The lowest BCUT2D eigenvalue weighted by Crippen LogP contribution is -2.27. The average molecular weight is 289 g/mol. The van der Waals surface area contributed by atoms with Crippen LogP contribution in [-0.2, 0) is 0 Å². The van der Waals surface area contributed by atoms with Crippen molar-refractivity contribution in [1.82, 2.24) is 9.97 Å². The van der Waals surface area contributed by atoms with Crippen molar-refractivity contribution in [2.24, 2.45) is 0 Å². The molecule has 0 atom stereocenters. The summed E-state index contributed by atoms with van der Waals surface area (Å²) in [5, 5.41) is 2.58. The van der Waals surface area contributed by atoms with E-state index in [1.165, 1.54) is 0 Å². The Balaban J connectivity index is 2.12. The minimum Gasteiger partial charge on any atom is -0.491 e. The van der Waals surface area contributed by atoms with Crippen LogP contribution in [0.1, 0.15) is 24.3 Å². The SMILES string of the molecule is CC(C)Oc1ccc(NC(=O)c2cc(=O)[nH]c(=O)[nH]2)cc1. The van der Waals surface area contributed by atoms with E-state index in [-0.39, 0.29) is 11.8 Å². The maximum Gasteiger partial charge on any atom is 0.326 e. The highest BCUT2D eigenvalue weighted by molar-refractivity contribution is 6.02. The van der Waals surface area contributed by atoms with Crippen molar-refractivity contribution in [3.05, 3.63) is 56.9 Å². The largest absolute Gasteiger partial charge is 0.491 e. The number of carbonyl (C=O) groups excluding carboxylic acids is 1.